The molecule has 1 heterocycles. The van der Waals surface area contributed by atoms with Crippen molar-refractivity contribution in [2.24, 2.45) is 11.5 Å². The van der Waals surface area contributed by atoms with Crippen molar-refractivity contribution < 1.29 is 22.8 Å². The molecule has 2 unspecified atom stereocenters. The lowest BCUT2D eigenvalue weighted by atomic mass is 10.1. The molecule has 14 heteroatoms. The van der Waals surface area contributed by atoms with Crippen LogP contribution in [0.1, 0.15) is 42.4 Å². The van der Waals surface area contributed by atoms with Gasteiger partial charge in [-0.15, -0.1) is 0 Å². The summed E-state index contributed by atoms with van der Waals surface area (Å²) in [5.41, 5.74) is 13.9. The second kappa shape index (κ2) is 17.0. The lowest BCUT2D eigenvalue weighted by Gasteiger charge is -2.28. The number of likely N-dealkylation sites (tertiary alicyclic amines) is 1. The molecule has 0 spiro atoms. The monoisotopic (exact) mass is 652 g/mol. The fourth-order valence-corrected chi connectivity index (χ4v) is 6.56. The molecule has 236 valence electrons. The van der Waals surface area contributed by atoms with Gasteiger partial charge in [0, 0.05) is 50.2 Å². The van der Waals surface area contributed by atoms with Crippen LogP contribution in [0.3, 0.4) is 0 Å². The van der Waals surface area contributed by atoms with Crippen LogP contribution in [0.5, 0.6) is 0 Å². The molecule has 3 rings (SSSR count). The van der Waals surface area contributed by atoms with Gasteiger partial charge in [-0.3, -0.25) is 14.4 Å². The van der Waals surface area contributed by atoms with Crippen molar-refractivity contribution in [1.82, 2.24) is 19.8 Å². The number of hydrogen-bond donors (Lipinski definition) is 5. The van der Waals surface area contributed by atoms with Gasteiger partial charge < -0.3 is 26.6 Å². The van der Waals surface area contributed by atoms with Gasteiger partial charge in [-0.1, -0.05) is 48.0 Å². The van der Waals surface area contributed by atoms with E-state index in [0.29, 0.717) is 42.3 Å². The Morgan fingerprint density at radius 1 is 1.14 bits per heavy atom. The average molecular weight is 653 g/mol. The molecule has 3 amide bonds. The molecule has 0 radical (unpaired) electrons. The van der Waals surface area contributed by atoms with Gasteiger partial charge >= 0.3 is 0 Å². The van der Waals surface area contributed by atoms with E-state index in [9.17, 15) is 22.8 Å². The Balaban J connectivity index is 1.75. The van der Waals surface area contributed by atoms with E-state index in [1.165, 1.54) is 4.90 Å². The third-order valence-corrected chi connectivity index (χ3v) is 9.05. The van der Waals surface area contributed by atoms with Gasteiger partial charge in [-0.05, 0) is 53.8 Å². The number of thiol groups is 1. The van der Waals surface area contributed by atoms with Gasteiger partial charge in [-0.25, -0.2) is 13.1 Å². The minimum Gasteiger partial charge on any atom is -0.350 e. The number of hydrogen-bond acceptors (Lipinski definition) is 8. The number of carbonyl (C=O) groups is 3. The molecule has 1 saturated heterocycles. The number of benzene rings is 2. The van der Waals surface area contributed by atoms with Crippen molar-refractivity contribution in [3.63, 3.8) is 0 Å². The molecule has 0 aromatic heterocycles. The van der Waals surface area contributed by atoms with E-state index in [2.05, 4.69) is 22.7 Å². The fourth-order valence-electron chi connectivity index (χ4n) is 4.86. The maximum atomic E-state index is 13.8. The highest BCUT2D eigenvalue weighted by Crippen LogP contribution is 2.17. The second-order valence-electron chi connectivity index (χ2n) is 10.6. The summed E-state index contributed by atoms with van der Waals surface area (Å²) in [6.45, 7) is 1.22. The minimum atomic E-state index is -3.98. The van der Waals surface area contributed by atoms with Crippen LogP contribution < -0.4 is 21.5 Å². The highest BCUT2D eigenvalue weighted by Gasteiger charge is 2.31. The van der Waals surface area contributed by atoms with E-state index in [4.69, 9.17) is 23.1 Å². The predicted molar refractivity (Wildman–Crippen MR) is 171 cm³/mol. The zero-order valence-corrected chi connectivity index (χ0v) is 26.5. The SMILES string of the molecule is NCc1ccc(Cl)cc1CNC(=O)CN(CCCS)C(=O)C(CCC(=O)N1CCC(N)C1)NS(=O)(=O)Cc1ccccc1. The highest BCUT2D eigenvalue weighted by molar-refractivity contribution is 7.88. The van der Waals surface area contributed by atoms with Crippen LogP contribution in [0, 0.1) is 0 Å². The number of sulfonamides is 1. The van der Waals surface area contributed by atoms with E-state index in [1.807, 2.05) is 0 Å². The third-order valence-electron chi connectivity index (χ3n) is 7.14. The molecular weight excluding hydrogens is 612 g/mol. The zero-order valence-electron chi connectivity index (χ0n) is 24.1. The molecule has 0 bridgehead atoms. The third kappa shape index (κ3) is 11.4. The molecule has 2 aromatic rings. The van der Waals surface area contributed by atoms with Crippen LogP contribution in [0.2, 0.25) is 5.02 Å². The smallest absolute Gasteiger partial charge is 0.241 e. The topological polar surface area (TPSA) is 168 Å². The number of halogens is 1. The van der Waals surface area contributed by atoms with Crippen molar-refractivity contribution in [1.29, 1.82) is 0 Å². The number of nitrogens with zero attached hydrogens (tertiary/aromatic N) is 2. The largest absolute Gasteiger partial charge is 0.350 e. The molecule has 0 aliphatic carbocycles. The van der Waals surface area contributed by atoms with Gasteiger partial charge in [0.05, 0.1) is 12.3 Å². The summed E-state index contributed by atoms with van der Waals surface area (Å²) in [5.74, 6) is -1.13. The van der Waals surface area contributed by atoms with E-state index >= 15 is 0 Å². The van der Waals surface area contributed by atoms with Crippen LogP contribution in [-0.2, 0) is 43.2 Å². The average Bonchev–Trinajstić information content (AvgIpc) is 3.42. The molecule has 1 aliphatic rings. The Kier molecular flexibility index (Phi) is 13.7. The normalized spacial score (nSPS) is 15.7. The molecule has 1 fully saturated rings. The van der Waals surface area contributed by atoms with Crippen molar-refractivity contribution in [3.05, 3.63) is 70.2 Å². The van der Waals surface area contributed by atoms with Gasteiger partial charge in [0.2, 0.25) is 27.7 Å². The van der Waals surface area contributed by atoms with Crippen LogP contribution in [-0.4, -0.2) is 80.0 Å². The molecule has 2 atom stereocenters. The first-order valence-corrected chi connectivity index (χ1v) is 16.9. The van der Waals surface area contributed by atoms with Crippen molar-refractivity contribution in [3.8, 4) is 0 Å². The molecule has 6 N–H and O–H groups in total. The summed E-state index contributed by atoms with van der Waals surface area (Å²) in [7, 11) is -3.98. The number of nitrogens with two attached hydrogens (primary N) is 2. The first-order chi connectivity index (χ1) is 20.5. The summed E-state index contributed by atoms with van der Waals surface area (Å²) >= 11 is 10.3. The van der Waals surface area contributed by atoms with Crippen LogP contribution in [0.15, 0.2) is 48.5 Å². The zero-order chi connectivity index (χ0) is 31.4. The van der Waals surface area contributed by atoms with E-state index in [0.717, 1.165) is 11.1 Å². The summed E-state index contributed by atoms with van der Waals surface area (Å²) in [6, 6.07) is 12.5. The second-order valence-corrected chi connectivity index (χ2v) is 13.2. The first kappa shape index (κ1) is 34.8. The van der Waals surface area contributed by atoms with Gasteiger partial charge in [0.25, 0.3) is 0 Å². The van der Waals surface area contributed by atoms with Crippen LogP contribution in [0.4, 0.5) is 0 Å². The molecule has 11 nitrogen and oxygen atoms in total. The van der Waals surface area contributed by atoms with Crippen LogP contribution in [0.25, 0.3) is 0 Å². The molecular formula is C29H41ClN6O5S2. The van der Waals surface area contributed by atoms with Crippen molar-refractivity contribution >= 4 is 52.0 Å². The number of amides is 3. The Hall–Kier alpha value is -2.68. The Bertz CT molecular complexity index is 1350. The first-order valence-electron chi connectivity index (χ1n) is 14.2. The van der Waals surface area contributed by atoms with E-state index in [1.54, 1.807) is 53.4 Å². The number of rotatable bonds is 16. The Labute approximate surface area is 264 Å². The lowest BCUT2D eigenvalue weighted by Crippen LogP contribution is -2.51. The summed E-state index contributed by atoms with van der Waals surface area (Å²) < 4.78 is 28.8. The maximum Gasteiger partial charge on any atom is 0.241 e. The van der Waals surface area contributed by atoms with Gasteiger partial charge in [-0.2, -0.15) is 12.6 Å². The standard InChI is InChI=1S/C29H41ClN6O5S2/c30-24-8-7-22(16-31)23(15-24)17-33-27(37)19-36(12-4-14-42)29(39)26(9-10-28(38)35-13-11-25(32)18-35)34-43(40,41)20-21-5-2-1-3-6-21/h1-3,5-8,15,25-26,34,42H,4,9-14,16-20,31-32H2,(H,33,37). The van der Waals surface area contributed by atoms with Gasteiger partial charge in [0.1, 0.15) is 6.04 Å². The lowest BCUT2D eigenvalue weighted by molar-refractivity contribution is -0.138. The predicted octanol–water partition coefficient (Wildman–Crippen LogP) is 1.39. The maximum absolute atomic E-state index is 13.8. The number of nitrogens with one attached hydrogen (secondary N) is 2. The molecule has 2 aromatic carbocycles. The Morgan fingerprint density at radius 2 is 1.88 bits per heavy atom. The summed E-state index contributed by atoms with van der Waals surface area (Å²) in [5, 5.41) is 3.30. The molecule has 1 aliphatic heterocycles. The quantitative estimate of drug-likeness (QED) is 0.171. The number of carbonyl (C=O) groups excluding carboxylic acids is 3. The van der Waals surface area contributed by atoms with Crippen LogP contribution >= 0.6 is 24.2 Å². The van der Waals surface area contributed by atoms with Crippen molar-refractivity contribution in [2.45, 2.75) is 56.6 Å². The summed E-state index contributed by atoms with van der Waals surface area (Å²) in [4.78, 5) is 42.6. The minimum absolute atomic E-state index is 0.0553. The van der Waals surface area contributed by atoms with E-state index in [-0.39, 0.29) is 56.7 Å². The molecule has 0 saturated carbocycles. The summed E-state index contributed by atoms with van der Waals surface area (Å²) in [6.07, 6.45) is 1.03. The fraction of sp³-hybridized carbons (Fsp3) is 0.483. The molecule has 43 heavy (non-hydrogen) atoms. The van der Waals surface area contributed by atoms with E-state index < -0.39 is 27.9 Å². The highest BCUT2D eigenvalue weighted by atomic mass is 35.5. The van der Waals surface area contributed by atoms with Crippen molar-refractivity contribution in [2.75, 3.05) is 31.9 Å². The van der Waals surface area contributed by atoms with Gasteiger partial charge in [0.15, 0.2) is 0 Å². The Morgan fingerprint density at radius 3 is 2.53 bits per heavy atom.